The Morgan fingerprint density at radius 3 is 1.86 bits per heavy atom. The molecular weight excluding hydrogens is 407 g/mol. The number of carbonyl (C=O) groups excluding carboxylic acids is 2. The van der Waals surface area contributed by atoms with E-state index in [9.17, 15) is 9.59 Å². The van der Waals surface area contributed by atoms with Crippen molar-refractivity contribution in [2.45, 2.75) is 7.59 Å². The lowest BCUT2D eigenvalue weighted by Crippen LogP contribution is -2.53. The van der Waals surface area contributed by atoms with E-state index in [2.05, 4.69) is 5.32 Å². The standard InChI is InChI=1S/C10H13Cl6N3O2/c11-9(12,13)7(20)17-1-2-18-3-5-19(6-4-18)8(21)10(14,15)16/h1-6H2,(H,17,20). The van der Waals surface area contributed by atoms with E-state index >= 15 is 0 Å². The Kier molecular flexibility index (Phi) is 7.46. The highest BCUT2D eigenvalue weighted by Gasteiger charge is 2.36. The van der Waals surface area contributed by atoms with Crippen LogP contribution in [0.5, 0.6) is 0 Å². The molecule has 11 heteroatoms. The van der Waals surface area contributed by atoms with E-state index < -0.39 is 19.4 Å². The third-order valence-electron chi connectivity index (χ3n) is 2.87. The van der Waals surface area contributed by atoms with Gasteiger partial charge in [0.2, 0.25) is 0 Å². The van der Waals surface area contributed by atoms with Gasteiger partial charge in [-0.1, -0.05) is 69.6 Å². The fraction of sp³-hybridized carbons (Fsp3) is 0.800. The van der Waals surface area contributed by atoms with Crippen molar-refractivity contribution >= 4 is 81.4 Å². The van der Waals surface area contributed by atoms with Crippen LogP contribution < -0.4 is 5.32 Å². The topological polar surface area (TPSA) is 52.7 Å². The molecule has 0 aliphatic carbocycles. The summed E-state index contributed by atoms with van der Waals surface area (Å²) in [5.41, 5.74) is 0. The molecule has 0 aromatic carbocycles. The van der Waals surface area contributed by atoms with Gasteiger partial charge in [-0.2, -0.15) is 0 Å². The largest absolute Gasteiger partial charge is 0.351 e. The zero-order valence-electron chi connectivity index (χ0n) is 10.7. The van der Waals surface area contributed by atoms with Crippen LogP contribution in [0.15, 0.2) is 0 Å². The van der Waals surface area contributed by atoms with Crippen molar-refractivity contribution in [1.82, 2.24) is 15.1 Å². The third-order valence-corrected chi connectivity index (χ3v) is 3.87. The second-order valence-corrected chi connectivity index (χ2v) is 8.95. The summed E-state index contributed by atoms with van der Waals surface area (Å²) in [5.74, 6) is -1.20. The molecule has 5 nitrogen and oxygen atoms in total. The molecule has 1 fully saturated rings. The Morgan fingerprint density at radius 1 is 0.905 bits per heavy atom. The summed E-state index contributed by atoms with van der Waals surface area (Å²) in [4.78, 5) is 26.6. The van der Waals surface area contributed by atoms with E-state index in [4.69, 9.17) is 69.6 Å². The van der Waals surface area contributed by atoms with Gasteiger partial charge in [0.25, 0.3) is 19.4 Å². The molecule has 0 aromatic rings. The summed E-state index contributed by atoms with van der Waals surface area (Å²) in [6, 6.07) is 0. The number of piperazine rings is 1. The van der Waals surface area contributed by atoms with Gasteiger partial charge < -0.3 is 10.2 Å². The molecule has 0 spiro atoms. The third kappa shape index (κ3) is 6.73. The second-order valence-electron chi connectivity index (χ2n) is 4.39. The van der Waals surface area contributed by atoms with Crippen LogP contribution in [0.3, 0.4) is 0 Å². The van der Waals surface area contributed by atoms with Crippen LogP contribution in [-0.4, -0.2) is 68.5 Å². The predicted octanol–water partition coefficient (Wildman–Crippen LogP) is 1.99. The van der Waals surface area contributed by atoms with Gasteiger partial charge in [-0.05, 0) is 0 Å². The first kappa shape index (κ1) is 19.7. The molecule has 21 heavy (non-hydrogen) atoms. The molecule has 0 bridgehead atoms. The van der Waals surface area contributed by atoms with Crippen molar-refractivity contribution in [3.63, 3.8) is 0 Å². The Hall–Kier alpha value is 0.640. The van der Waals surface area contributed by atoms with Crippen LogP contribution in [0.1, 0.15) is 0 Å². The van der Waals surface area contributed by atoms with Crippen molar-refractivity contribution in [1.29, 1.82) is 0 Å². The summed E-state index contributed by atoms with van der Waals surface area (Å²) in [7, 11) is 0. The minimum absolute atomic E-state index is 0.338. The van der Waals surface area contributed by atoms with Gasteiger partial charge in [-0.15, -0.1) is 0 Å². The van der Waals surface area contributed by atoms with E-state index in [0.717, 1.165) is 0 Å². The molecule has 0 atom stereocenters. The van der Waals surface area contributed by atoms with E-state index in [-0.39, 0.29) is 0 Å². The highest BCUT2D eigenvalue weighted by atomic mass is 35.6. The molecule has 1 heterocycles. The number of amides is 2. The van der Waals surface area contributed by atoms with Crippen molar-refractivity contribution in [2.24, 2.45) is 0 Å². The quantitative estimate of drug-likeness (QED) is 0.712. The van der Waals surface area contributed by atoms with Crippen molar-refractivity contribution < 1.29 is 9.59 Å². The fourth-order valence-corrected chi connectivity index (χ4v) is 2.34. The van der Waals surface area contributed by atoms with Gasteiger partial charge in [0.15, 0.2) is 0 Å². The Morgan fingerprint density at radius 2 is 1.43 bits per heavy atom. The van der Waals surface area contributed by atoms with Gasteiger partial charge in [0.05, 0.1) is 0 Å². The number of hydrogen-bond donors (Lipinski definition) is 1. The summed E-state index contributed by atoms with van der Waals surface area (Å²) >= 11 is 32.9. The molecule has 1 aliphatic rings. The van der Waals surface area contributed by atoms with Crippen LogP contribution in [0.2, 0.25) is 0 Å². The van der Waals surface area contributed by atoms with Crippen molar-refractivity contribution in [2.75, 3.05) is 39.3 Å². The molecule has 1 rings (SSSR count). The maximum absolute atomic E-state index is 11.8. The maximum Gasteiger partial charge on any atom is 0.274 e. The number of hydrogen-bond acceptors (Lipinski definition) is 3. The van der Waals surface area contributed by atoms with E-state index in [1.165, 1.54) is 4.90 Å². The first-order valence-corrected chi connectivity index (χ1v) is 8.22. The van der Waals surface area contributed by atoms with Crippen LogP contribution in [0.4, 0.5) is 0 Å². The van der Waals surface area contributed by atoms with Crippen LogP contribution >= 0.6 is 69.6 Å². The van der Waals surface area contributed by atoms with Gasteiger partial charge >= 0.3 is 0 Å². The molecule has 0 radical (unpaired) electrons. The molecule has 1 aliphatic heterocycles. The van der Waals surface area contributed by atoms with Crippen LogP contribution in [0, 0.1) is 0 Å². The zero-order chi connectivity index (χ0) is 16.3. The average molecular weight is 420 g/mol. The molecule has 1 saturated heterocycles. The minimum Gasteiger partial charge on any atom is -0.351 e. The van der Waals surface area contributed by atoms with E-state index in [1.807, 2.05) is 4.90 Å². The van der Waals surface area contributed by atoms with Gasteiger partial charge in [-0.3, -0.25) is 14.5 Å². The smallest absolute Gasteiger partial charge is 0.274 e. The first-order chi connectivity index (χ1) is 9.51. The summed E-state index contributed by atoms with van der Waals surface area (Å²) in [6.45, 7) is 3.02. The normalized spacial score (nSPS) is 17.7. The van der Waals surface area contributed by atoms with Crippen molar-refractivity contribution in [3.05, 3.63) is 0 Å². The highest BCUT2D eigenvalue weighted by Crippen LogP contribution is 2.29. The van der Waals surface area contributed by atoms with Gasteiger partial charge in [-0.25, -0.2) is 0 Å². The number of nitrogens with zero attached hydrogens (tertiary/aromatic N) is 2. The monoisotopic (exact) mass is 417 g/mol. The lowest BCUT2D eigenvalue weighted by Gasteiger charge is -2.36. The van der Waals surface area contributed by atoms with Crippen molar-refractivity contribution in [3.8, 4) is 0 Å². The van der Waals surface area contributed by atoms with Crippen LogP contribution in [0.25, 0.3) is 0 Å². The molecule has 0 saturated carbocycles. The molecule has 0 aromatic heterocycles. The zero-order valence-corrected chi connectivity index (χ0v) is 15.3. The predicted molar refractivity (Wildman–Crippen MR) is 86.6 cm³/mol. The number of halogens is 6. The molecular formula is C10H13Cl6N3O2. The first-order valence-electron chi connectivity index (χ1n) is 5.95. The number of alkyl halides is 6. The number of nitrogens with one attached hydrogen (secondary N) is 1. The SMILES string of the molecule is O=C(NCCN1CCN(C(=O)C(Cl)(Cl)Cl)CC1)C(Cl)(Cl)Cl. The lowest BCUT2D eigenvalue weighted by molar-refractivity contribution is -0.131. The number of rotatable bonds is 3. The number of carbonyl (C=O) groups is 2. The van der Waals surface area contributed by atoms with Gasteiger partial charge in [0, 0.05) is 39.3 Å². The Balaban J connectivity index is 2.29. The average Bonchev–Trinajstić information content (AvgIpc) is 2.36. The lowest BCUT2D eigenvalue weighted by atomic mass is 10.3. The molecule has 122 valence electrons. The van der Waals surface area contributed by atoms with Crippen LogP contribution in [-0.2, 0) is 9.59 Å². The summed E-state index contributed by atoms with van der Waals surface area (Å²) in [6.07, 6.45) is 0. The Labute approximate surface area is 152 Å². The second kappa shape index (κ2) is 7.95. The fourth-order valence-electron chi connectivity index (χ4n) is 1.78. The van der Waals surface area contributed by atoms with E-state index in [1.54, 1.807) is 0 Å². The summed E-state index contributed by atoms with van der Waals surface area (Å²) in [5, 5.41) is 2.51. The minimum atomic E-state index is -1.96. The summed E-state index contributed by atoms with van der Waals surface area (Å²) < 4.78 is -3.89. The highest BCUT2D eigenvalue weighted by molar-refractivity contribution is 6.76. The molecule has 0 unspecified atom stereocenters. The maximum atomic E-state index is 11.8. The van der Waals surface area contributed by atoms with Gasteiger partial charge in [0.1, 0.15) is 0 Å². The molecule has 1 N–H and O–H groups in total. The molecule has 2 amide bonds. The Bertz CT molecular complexity index is 384. The van der Waals surface area contributed by atoms with E-state index in [0.29, 0.717) is 39.3 Å².